The van der Waals surface area contributed by atoms with E-state index in [4.69, 9.17) is 4.74 Å². The molecule has 0 amide bonds. The lowest BCUT2D eigenvalue weighted by molar-refractivity contribution is -0.870. The van der Waals surface area contributed by atoms with Crippen LogP contribution in [0.4, 0.5) is 0 Å². The summed E-state index contributed by atoms with van der Waals surface area (Å²) in [5, 5.41) is 0. The van der Waals surface area contributed by atoms with Gasteiger partial charge in [-0.2, -0.15) is 0 Å². The normalized spacial score (nSPS) is 12.0. The van der Waals surface area contributed by atoms with Gasteiger partial charge in [0.1, 0.15) is 13.2 Å². The SMILES string of the molecule is CCCCCCC=CCCCCCCCC(=O)OCC[N+](C)(C)C. The maximum Gasteiger partial charge on any atom is 0.305 e. The summed E-state index contributed by atoms with van der Waals surface area (Å²) < 4.78 is 6.10. The van der Waals surface area contributed by atoms with Gasteiger partial charge in [0.15, 0.2) is 0 Å². The van der Waals surface area contributed by atoms with Crippen molar-refractivity contribution in [2.75, 3.05) is 34.3 Å². The summed E-state index contributed by atoms with van der Waals surface area (Å²) in [6.07, 6.45) is 19.0. The van der Waals surface area contributed by atoms with Gasteiger partial charge < -0.3 is 9.22 Å². The predicted molar refractivity (Wildman–Crippen MR) is 104 cm³/mol. The fourth-order valence-corrected chi connectivity index (χ4v) is 2.49. The molecule has 0 aromatic carbocycles. The third kappa shape index (κ3) is 19.2. The number of hydrogen-bond donors (Lipinski definition) is 0. The van der Waals surface area contributed by atoms with Crippen LogP contribution in [0.3, 0.4) is 0 Å². The van der Waals surface area contributed by atoms with E-state index in [1.807, 2.05) is 0 Å². The van der Waals surface area contributed by atoms with E-state index in [-0.39, 0.29) is 5.97 Å². The molecular weight excluding hydrogens is 298 g/mol. The van der Waals surface area contributed by atoms with Crippen LogP contribution in [-0.4, -0.2) is 44.7 Å². The lowest BCUT2D eigenvalue weighted by Gasteiger charge is -2.23. The van der Waals surface area contributed by atoms with Gasteiger partial charge in [-0.05, 0) is 32.1 Å². The van der Waals surface area contributed by atoms with Crippen LogP contribution in [-0.2, 0) is 9.53 Å². The zero-order valence-corrected chi connectivity index (χ0v) is 16.8. The lowest BCUT2D eigenvalue weighted by atomic mass is 10.1. The van der Waals surface area contributed by atoms with Crippen molar-refractivity contribution in [1.29, 1.82) is 0 Å². The van der Waals surface area contributed by atoms with Crippen molar-refractivity contribution in [3.63, 3.8) is 0 Å². The quantitative estimate of drug-likeness (QED) is 0.161. The molecule has 0 spiro atoms. The molecule has 0 aliphatic heterocycles. The Bertz CT molecular complexity index is 318. The van der Waals surface area contributed by atoms with Crippen LogP contribution >= 0.6 is 0 Å². The molecule has 0 aromatic heterocycles. The second-order valence-corrected chi connectivity index (χ2v) is 7.86. The Morgan fingerprint density at radius 1 is 0.833 bits per heavy atom. The largest absolute Gasteiger partial charge is 0.460 e. The van der Waals surface area contributed by atoms with Crippen LogP contribution in [0.2, 0.25) is 0 Å². The molecule has 3 heteroatoms. The second-order valence-electron chi connectivity index (χ2n) is 7.86. The number of likely N-dealkylation sites (N-methyl/N-ethyl adjacent to an activating group) is 1. The Balaban J connectivity index is 3.27. The summed E-state index contributed by atoms with van der Waals surface area (Å²) >= 11 is 0. The number of rotatable bonds is 16. The van der Waals surface area contributed by atoms with Crippen molar-refractivity contribution < 1.29 is 14.0 Å². The van der Waals surface area contributed by atoms with E-state index in [1.54, 1.807) is 0 Å². The molecule has 0 rings (SSSR count). The standard InChI is InChI=1S/C21H42NO2/c1-5-6-7-8-9-10-11-12-13-14-15-16-17-18-21(23)24-20-19-22(2,3)4/h10-11H,5-9,12-20H2,1-4H3/q+1. The van der Waals surface area contributed by atoms with Crippen molar-refractivity contribution in [2.45, 2.75) is 84.0 Å². The van der Waals surface area contributed by atoms with Crippen LogP contribution in [0.15, 0.2) is 12.2 Å². The maximum atomic E-state index is 11.6. The zero-order chi connectivity index (χ0) is 18.1. The molecule has 3 nitrogen and oxygen atoms in total. The van der Waals surface area contributed by atoms with Crippen LogP contribution in [0.5, 0.6) is 0 Å². The highest BCUT2D eigenvalue weighted by Crippen LogP contribution is 2.09. The summed E-state index contributed by atoms with van der Waals surface area (Å²) in [7, 11) is 6.32. The van der Waals surface area contributed by atoms with Gasteiger partial charge in [0.2, 0.25) is 0 Å². The van der Waals surface area contributed by atoms with Crippen molar-refractivity contribution >= 4 is 5.97 Å². The fourth-order valence-electron chi connectivity index (χ4n) is 2.49. The van der Waals surface area contributed by atoms with Crippen LogP contribution < -0.4 is 0 Å². The van der Waals surface area contributed by atoms with E-state index in [9.17, 15) is 4.79 Å². The molecule has 0 unspecified atom stereocenters. The number of nitrogens with zero attached hydrogens (tertiary/aromatic N) is 1. The van der Waals surface area contributed by atoms with Crippen LogP contribution in [0.25, 0.3) is 0 Å². The molecular formula is C21H42NO2+. The Labute approximate surface area is 151 Å². The molecule has 0 N–H and O–H groups in total. The summed E-state index contributed by atoms with van der Waals surface area (Å²) in [6.45, 7) is 3.66. The maximum absolute atomic E-state index is 11.6. The van der Waals surface area contributed by atoms with Gasteiger partial charge in [0, 0.05) is 6.42 Å². The minimum atomic E-state index is -0.0329. The Hall–Kier alpha value is -0.830. The smallest absolute Gasteiger partial charge is 0.305 e. The highest BCUT2D eigenvalue weighted by atomic mass is 16.5. The number of carbonyl (C=O) groups excluding carboxylic acids is 1. The molecule has 0 radical (unpaired) electrons. The van der Waals surface area contributed by atoms with Gasteiger partial charge in [-0.15, -0.1) is 0 Å². The van der Waals surface area contributed by atoms with Gasteiger partial charge in [0.25, 0.3) is 0 Å². The first-order chi connectivity index (χ1) is 11.5. The number of hydrogen-bond acceptors (Lipinski definition) is 2. The summed E-state index contributed by atoms with van der Waals surface area (Å²) in [4.78, 5) is 11.6. The number of ether oxygens (including phenoxy) is 1. The number of allylic oxidation sites excluding steroid dienone is 2. The van der Waals surface area contributed by atoms with Crippen molar-refractivity contribution in [2.24, 2.45) is 0 Å². The van der Waals surface area contributed by atoms with E-state index < -0.39 is 0 Å². The minimum absolute atomic E-state index is 0.0329. The van der Waals surface area contributed by atoms with Crippen molar-refractivity contribution in [1.82, 2.24) is 0 Å². The molecule has 24 heavy (non-hydrogen) atoms. The molecule has 142 valence electrons. The average Bonchev–Trinajstić information content (AvgIpc) is 2.50. The van der Waals surface area contributed by atoms with Gasteiger partial charge in [-0.25, -0.2) is 0 Å². The third-order valence-corrected chi connectivity index (χ3v) is 4.17. The molecule has 0 fully saturated rings. The molecule has 0 saturated heterocycles. The Kier molecular flexibility index (Phi) is 15.1. The number of quaternary nitrogens is 1. The predicted octanol–water partition coefficient (Wildman–Crippen LogP) is 5.49. The number of carbonyl (C=O) groups is 1. The topological polar surface area (TPSA) is 26.3 Å². The molecule has 0 aliphatic rings. The summed E-state index contributed by atoms with van der Waals surface area (Å²) in [6, 6.07) is 0. The second kappa shape index (κ2) is 15.7. The van der Waals surface area contributed by atoms with E-state index in [1.165, 1.54) is 57.8 Å². The van der Waals surface area contributed by atoms with E-state index >= 15 is 0 Å². The highest BCUT2D eigenvalue weighted by molar-refractivity contribution is 5.69. The van der Waals surface area contributed by atoms with E-state index in [0.717, 1.165) is 23.9 Å². The van der Waals surface area contributed by atoms with Gasteiger partial charge >= 0.3 is 5.97 Å². The number of unbranched alkanes of at least 4 members (excludes halogenated alkanes) is 9. The summed E-state index contributed by atoms with van der Waals surface area (Å²) in [5.74, 6) is -0.0329. The zero-order valence-electron chi connectivity index (χ0n) is 16.8. The fraction of sp³-hybridized carbons (Fsp3) is 0.857. The van der Waals surface area contributed by atoms with Gasteiger partial charge in [0.05, 0.1) is 21.1 Å². The molecule has 0 aromatic rings. The van der Waals surface area contributed by atoms with Gasteiger partial charge in [-0.3, -0.25) is 4.79 Å². The van der Waals surface area contributed by atoms with Crippen LogP contribution in [0, 0.1) is 0 Å². The number of esters is 1. The first-order valence-electron chi connectivity index (χ1n) is 10.1. The first kappa shape index (κ1) is 23.2. The van der Waals surface area contributed by atoms with Crippen LogP contribution in [0.1, 0.15) is 84.0 Å². The molecule has 0 saturated carbocycles. The van der Waals surface area contributed by atoms with E-state index in [2.05, 4.69) is 40.2 Å². The molecule has 0 heterocycles. The monoisotopic (exact) mass is 340 g/mol. The van der Waals surface area contributed by atoms with Crippen molar-refractivity contribution in [3.05, 3.63) is 12.2 Å². The van der Waals surface area contributed by atoms with Gasteiger partial charge in [-0.1, -0.05) is 57.6 Å². The summed E-state index contributed by atoms with van der Waals surface area (Å²) in [5.41, 5.74) is 0. The van der Waals surface area contributed by atoms with E-state index in [0.29, 0.717) is 13.0 Å². The third-order valence-electron chi connectivity index (χ3n) is 4.17. The minimum Gasteiger partial charge on any atom is -0.460 e. The molecule has 0 atom stereocenters. The van der Waals surface area contributed by atoms with Crippen molar-refractivity contribution in [3.8, 4) is 0 Å². The lowest BCUT2D eigenvalue weighted by Crippen LogP contribution is -2.37. The highest BCUT2D eigenvalue weighted by Gasteiger charge is 2.08. The Morgan fingerprint density at radius 2 is 1.38 bits per heavy atom. The molecule has 0 bridgehead atoms. The Morgan fingerprint density at radius 3 is 1.96 bits per heavy atom. The molecule has 0 aliphatic carbocycles. The first-order valence-corrected chi connectivity index (χ1v) is 10.1. The average molecular weight is 341 g/mol.